The van der Waals surface area contributed by atoms with E-state index in [1.165, 1.54) is 0 Å². The summed E-state index contributed by atoms with van der Waals surface area (Å²) in [7, 11) is 1.66. The maximum Gasteiger partial charge on any atom is 0.119 e. The van der Waals surface area contributed by atoms with Crippen LogP contribution in [0.25, 0.3) is 0 Å². The summed E-state index contributed by atoms with van der Waals surface area (Å²) < 4.78 is 10.5. The van der Waals surface area contributed by atoms with Crippen LogP contribution in [0.15, 0.2) is 24.3 Å². The van der Waals surface area contributed by atoms with Gasteiger partial charge in [-0.25, -0.2) is 0 Å². The minimum absolute atomic E-state index is 0.394. The van der Waals surface area contributed by atoms with Gasteiger partial charge in [-0.05, 0) is 24.1 Å². The molecule has 0 spiro atoms. The standard InChI is InChI=1S/C15H25NO3/c1-3-4-8-19-12-14(17)11-16-10-13-6-5-7-15(9-13)18-2/h5-7,9,14,16-17H,3-4,8,10-12H2,1-2H3. The summed E-state index contributed by atoms with van der Waals surface area (Å²) in [6.07, 6.45) is 1.70. The number of hydrogen-bond acceptors (Lipinski definition) is 4. The highest BCUT2D eigenvalue weighted by atomic mass is 16.5. The molecule has 0 radical (unpaired) electrons. The molecule has 0 aromatic heterocycles. The van der Waals surface area contributed by atoms with Crippen molar-refractivity contribution in [2.45, 2.75) is 32.4 Å². The molecule has 0 bridgehead atoms. The Kier molecular flexibility index (Phi) is 8.21. The minimum Gasteiger partial charge on any atom is -0.497 e. The lowest BCUT2D eigenvalue weighted by molar-refractivity contribution is 0.0358. The summed E-state index contributed by atoms with van der Waals surface area (Å²) in [5.41, 5.74) is 1.14. The van der Waals surface area contributed by atoms with Crippen LogP contribution in [0.2, 0.25) is 0 Å². The third kappa shape index (κ3) is 7.15. The Labute approximate surface area is 115 Å². The van der Waals surface area contributed by atoms with Gasteiger partial charge in [-0.15, -0.1) is 0 Å². The molecule has 19 heavy (non-hydrogen) atoms. The molecule has 1 aromatic rings. The number of aliphatic hydroxyl groups excluding tert-OH is 1. The quantitative estimate of drug-likeness (QED) is 0.636. The number of hydrogen-bond donors (Lipinski definition) is 2. The number of unbranched alkanes of at least 4 members (excludes halogenated alkanes) is 1. The van der Waals surface area contributed by atoms with Crippen molar-refractivity contribution in [3.8, 4) is 5.75 Å². The van der Waals surface area contributed by atoms with Crippen molar-refractivity contribution >= 4 is 0 Å². The second kappa shape index (κ2) is 9.78. The van der Waals surface area contributed by atoms with E-state index in [1.807, 2.05) is 24.3 Å². The zero-order valence-electron chi connectivity index (χ0n) is 11.9. The first kappa shape index (κ1) is 16.0. The Morgan fingerprint density at radius 1 is 1.37 bits per heavy atom. The van der Waals surface area contributed by atoms with E-state index < -0.39 is 6.10 Å². The second-order valence-corrected chi connectivity index (χ2v) is 4.56. The third-order valence-corrected chi connectivity index (χ3v) is 2.80. The second-order valence-electron chi connectivity index (χ2n) is 4.56. The van der Waals surface area contributed by atoms with E-state index >= 15 is 0 Å². The van der Waals surface area contributed by atoms with E-state index in [2.05, 4.69) is 12.2 Å². The van der Waals surface area contributed by atoms with Crippen molar-refractivity contribution in [1.82, 2.24) is 5.32 Å². The van der Waals surface area contributed by atoms with Gasteiger partial charge in [0.05, 0.1) is 19.8 Å². The highest BCUT2D eigenvalue weighted by molar-refractivity contribution is 5.28. The van der Waals surface area contributed by atoms with Crippen molar-refractivity contribution in [1.29, 1.82) is 0 Å². The molecule has 0 heterocycles. The molecule has 1 rings (SSSR count). The number of aliphatic hydroxyl groups is 1. The van der Waals surface area contributed by atoms with Crippen molar-refractivity contribution in [3.05, 3.63) is 29.8 Å². The number of rotatable bonds is 10. The van der Waals surface area contributed by atoms with Gasteiger partial charge in [0, 0.05) is 19.7 Å². The topological polar surface area (TPSA) is 50.7 Å². The molecule has 0 saturated carbocycles. The number of nitrogens with one attached hydrogen (secondary N) is 1. The summed E-state index contributed by atoms with van der Waals surface area (Å²) in [4.78, 5) is 0. The lowest BCUT2D eigenvalue weighted by atomic mass is 10.2. The largest absolute Gasteiger partial charge is 0.497 e. The Hall–Kier alpha value is -1.10. The third-order valence-electron chi connectivity index (χ3n) is 2.80. The monoisotopic (exact) mass is 267 g/mol. The van der Waals surface area contributed by atoms with Gasteiger partial charge in [-0.3, -0.25) is 0 Å². The van der Waals surface area contributed by atoms with Gasteiger partial charge < -0.3 is 19.9 Å². The Bertz CT molecular complexity index is 344. The van der Waals surface area contributed by atoms with Crippen LogP contribution in [-0.2, 0) is 11.3 Å². The molecular weight excluding hydrogens is 242 g/mol. The van der Waals surface area contributed by atoms with Crippen LogP contribution < -0.4 is 10.1 Å². The molecule has 1 unspecified atom stereocenters. The van der Waals surface area contributed by atoms with Crippen molar-refractivity contribution in [3.63, 3.8) is 0 Å². The van der Waals surface area contributed by atoms with Crippen LogP contribution >= 0.6 is 0 Å². The maximum atomic E-state index is 9.72. The van der Waals surface area contributed by atoms with E-state index in [-0.39, 0.29) is 0 Å². The lowest BCUT2D eigenvalue weighted by Gasteiger charge is -2.12. The molecule has 0 aliphatic carbocycles. The molecule has 108 valence electrons. The molecule has 1 aromatic carbocycles. The Balaban J connectivity index is 2.15. The van der Waals surface area contributed by atoms with Crippen LogP contribution in [-0.4, -0.2) is 38.1 Å². The fraction of sp³-hybridized carbons (Fsp3) is 0.600. The molecule has 0 aliphatic heterocycles. The average molecular weight is 267 g/mol. The zero-order chi connectivity index (χ0) is 13.9. The maximum absolute atomic E-state index is 9.72. The summed E-state index contributed by atoms with van der Waals surface area (Å²) in [5, 5.41) is 12.9. The van der Waals surface area contributed by atoms with Gasteiger partial charge in [0.25, 0.3) is 0 Å². The van der Waals surface area contributed by atoms with Gasteiger partial charge in [0.2, 0.25) is 0 Å². The van der Waals surface area contributed by atoms with E-state index in [0.29, 0.717) is 19.7 Å². The molecule has 0 saturated heterocycles. The molecule has 0 amide bonds. The molecule has 4 nitrogen and oxygen atoms in total. The number of methoxy groups -OCH3 is 1. The van der Waals surface area contributed by atoms with Gasteiger partial charge >= 0.3 is 0 Å². The Morgan fingerprint density at radius 3 is 2.95 bits per heavy atom. The first-order valence-electron chi connectivity index (χ1n) is 6.85. The molecule has 0 fully saturated rings. The van der Waals surface area contributed by atoms with E-state index in [1.54, 1.807) is 7.11 Å². The number of benzene rings is 1. The molecule has 2 N–H and O–H groups in total. The predicted molar refractivity (Wildman–Crippen MR) is 76.4 cm³/mol. The van der Waals surface area contributed by atoms with Gasteiger partial charge in [0.15, 0.2) is 0 Å². The lowest BCUT2D eigenvalue weighted by Crippen LogP contribution is -2.30. The highest BCUT2D eigenvalue weighted by Crippen LogP contribution is 2.11. The first-order chi connectivity index (χ1) is 9.26. The fourth-order valence-electron chi connectivity index (χ4n) is 1.69. The molecule has 0 aliphatic rings. The summed E-state index contributed by atoms with van der Waals surface area (Å²) in [6.45, 7) is 4.48. The van der Waals surface area contributed by atoms with Crippen LogP contribution in [0.5, 0.6) is 5.75 Å². The molecule has 1 atom stereocenters. The zero-order valence-corrected chi connectivity index (χ0v) is 11.9. The normalized spacial score (nSPS) is 12.4. The van der Waals surface area contributed by atoms with Crippen molar-refractivity contribution < 1.29 is 14.6 Å². The predicted octanol–water partition coefficient (Wildman–Crippen LogP) is 1.96. The summed E-state index contributed by atoms with van der Waals surface area (Å²) >= 11 is 0. The summed E-state index contributed by atoms with van der Waals surface area (Å²) in [6, 6.07) is 7.89. The van der Waals surface area contributed by atoms with Crippen LogP contribution in [0.3, 0.4) is 0 Å². The van der Waals surface area contributed by atoms with E-state index in [9.17, 15) is 5.11 Å². The van der Waals surface area contributed by atoms with Crippen molar-refractivity contribution in [2.24, 2.45) is 0 Å². The smallest absolute Gasteiger partial charge is 0.119 e. The SMILES string of the molecule is CCCCOCC(O)CNCc1cccc(OC)c1. The Morgan fingerprint density at radius 2 is 2.21 bits per heavy atom. The average Bonchev–Trinajstić information content (AvgIpc) is 2.44. The van der Waals surface area contributed by atoms with Crippen LogP contribution in [0.1, 0.15) is 25.3 Å². The van der Waals surface area contributed by atoms with Gasteiger partial charge in [0.1, 0.15) is 5.75 Å². The van der Waals surface area contributed by atoms with Gasteiger partial charge in [-0.1, -0.05) is 25.5 Å². The van der Waals surface area contributed by atoms with Crippen LogP contribution in [0, 0.1) is 0 Å². The minimum atomic E-state index is -0.456. The fourth-order valence-corrected chi connectivity index (χ4v) is 1.69. The summed E-state index contributed by atoms with van der Waals surface area (Å²) in [5.74, 6) is 0.850. The molecular formula is C15H25NO3. The highest BCUT2D eigenvalue weighted by Gasteiger charge is 2.03. The van der Waals surface area contributed by atoms with E-state index in [4.69, 9.17) is 9.47 Å². The van der Waals surface area contributed by atoms with Crippen LogP contribution in [0.4, 0.5) is 0 Å². The van der Waals surface area contributed by atoms with E-state index in [0.717, 1.165) is 30.8 Å². The van der Waals surface area contributed by atoms with Crippen molar-refractivity contribution in [2.75, 3.05) is 26.9 Å². The number of ether oxygens (including phenoxy) is 2. The first-order valence-corrected chi connectivity index (χ1v) is 6.85. The molecule has 4 heteroatoms. The van der Waals surface area contributed by atoms with Gasteiger partial charge in [-0.2, -0.15) is 0 Å².